The van der Waals surface area contributed by atoms with Crippen molar-refractivity contribution in [2.24, 2.45) is 5.16 Å². The average Bonchev–Trinajstić information content (AvgIpc) is 2.52. The Labute approximate surface area is 134 Å². The molecule has 0 bridgehead atoms. The lowest BCUT2D eigenvalue weighted by Gasteiger charge is -2.08. The van der Waals surface area contributed by atoms with Crippen molar-refractivity contribution in [2.75, 3.05) is 0 Å². The van der Waals surface area contributed by atoms with Crippen LogP contribution in [0.2, 0.25) is 0 Å². The fourth-order valence-corrected chi connectivity index (χ4v) is 1.72. The van der Waals surface area contributed by atoms with Gasteiger partial charge in [-0.3, -0.25) is 0 Å². The molecule has 0 aliphatic rings. The Balaban J connectivity index is 1.86. The van der Waals surface area contributed by atoms with Crippen LogP contribution in [0.5, 0.6) is 5.75 Å². The van der Waals surface area contributed by atoms with Crippen LogP contribution in [0.1, 0.15) is 23.1 Å². The number of hydrogen-bond donors (Lipinski definition) is 0. The average molecular weight is 344 g/mol. The lowest BCUT2D eigenvalue weighted by molar-refractivity contribution is -0.274. The van der Waals surface area contributed by atoms with E-state index in [1.165, 1.54) is 36.4 Å². The molecule has 127 valence electrons. The Morgan fingerprint density at radius 3 is 2.38 bits per heavy atom. The van der Waals surface area contributed by atoms with E-state index < -0.39 is 12.8 Å². The van der Waals surface area contributed by atoms with Crippen LogP contribution in [0.15, 0.2) is 53.7 Å². The fraction of sp³-hybridized carbons (Fsp3) is 0.188. The summed E-state index contributed by atoms with van der Waals surface area (Å²) in [5.41, 5.74) is 0.716. The van der Waals surface area contributed by atoms with Gasteiger partial charge in [0.2, 0.25) is 0 Å². The molecule has 0 heterocycles. The molecule has 24 heavy (non-hydrogen) atoms. The summed E-state index contributed by atoms with van der Waals surface area (Å²) in [4.78, 5) is 4.93. The molecular formula is C16H11F5NO2. The number of rotatable bonds is 6. The third-order valence-electron chi connectivity index (χ3n) is 2.77. The van der Waals surface area contributed by atoms with E-state index in [0.29, 0.717) is 11.1 Å². The van der Waals surface area contributed by atoms with Gasteiger partial charge in [-0.25, -0.2) is 8.78 Å². The standard InChI is InChI=1S/C16H11F5NO2/c17-15(18)13-3-1-2-12(8-13)9-22-23-10-11-4-6-14(7-5-11)24-16(19,20)21/h1-8,15H,10H2. The van der Waals surface area contributed by atoms with E-state index in [0.717, 1.165) is 12.1 Å². The predicted molar refractivity (Wildman–Crippen MR) is 75.9 cm³/mol. The summed E-state index contributed by atoms with van der Waals surface area (Å²) in [6.45, 7) is -0.0200. The van der Waals surface area contributed by atoms with Crippen molar-refractivity contribution in [3.63, 3.8) is 0 Å². The summed E-state index contributed by atoms with van der Waals surface area (Å²) in [5, 5.41) is 3.51. The van der Waals surface area contributed by atoms with Gasteiger partial charge in [0.1, 0.15) is 18.6 Å². The summed E-state index contributed by atoms with van der Waals surface area (Å²) in [7, 11) is 0. The molecule has 3 nitrogen and oxygen atoms in total. The number of hydrogen-bond acceptors (Lipinski definition) is 3. The van der Waals surface area contributed by atoms with Crippen molar-refractivity contribution in [3.05, 3.63) is 65.2 Å². The summed E-state index contributed by atoms with van der Waals surface area (Å²) >= 11 is 0. The van der Waals surface area contributed by atoms with Gasteiger partial charge in [0.25, 0.3) is 6.43 Å². The Hall–Kier alpha value is -2.64. The minimum atomic E-state index is -4.75. The maximum atomic E-state index is 12.5. The third-order valence-corrected chi connectivity index (χ3v) is 2.77. The van der Waals surface area contributed by atoms with Gasteiger partial charge >= 0.3 is 6.36 Å². The van der Waals surface area contributed by atoms with Crippen LogP contribution < -0.4 is 4.74 Å². The first kappa shape index (κ1) is 17.7. The van der Waals surface area contributed by atoms with Gasteiger partial charge in [0, 0.05) is 11.1 Å². The summed E-state index contributed by atoms with van der Waals surface area (Å²) in [5.74, 6) is -0.342. The van der Waals surface area contributed by atoms with Crippen LogP contribution in [0.3, 0.4) is 0 Å². The molecule has 0 aromatic heterocycles. The molecule has 0 spiro atoms. The van der Waals surface area contributed by atoms with E-state index in [9.17, 15) is 22.0 Å². The molecule has 0 N–H and O–H groups in total. The zero-order chi connectivity index (χ0) is 17.6. The van der Waals surface area contributed by atoms with Gasteiger partial charge in [-0.15, -0.1) is 13.2 Å². The molecule has 0 amide bonds. The lowest BCUT2D eigenvalue weighted by atomic mass is 10.1. The molecule has 0 unspecified atom stereocenters. The number of ether oxygens (including phenoxy) is 1. The minimum Gasteiger partial charge on any atom is -0.406 e. The Kier molecular flexibility index (Phi) is 5.73. The van der Waals surface area contributed by atoms with Crippen LogP contribution >= 0.6 is 0 Å². The molecule has 2 rings (SSSR count). The first-order valence-electron chi connectivity index (χ1n) is 6.64. The second-order valence-corrected chi connectivity index (χ2v) is 4.59. The van der Waals surface area contributed by atoms with E-state index in [1.807, 2.05) is 0 Å². The van der Waals surface area contributed by atoms with Crippen molar-refractivity contribution < 1.29 is 31.5 Å². The number of halogens is 5. The first-order valence-corrected chi connectivity index (χ1v) is 6.64. The van der Waals surface area contributed by atoms with Gasteiger partial charge in [-0.05, 0) is 23.8 Å². The highest BCUT2D eigenvalue weighted by atomic mass is 19.4. The molecule has 0 atom stereocenters. The van der Waals surface area contributed by atoms with Crippen LogP contribution in [0.25, 0.3) is 0 Å². The second kappa shape index (κ2) is 7.76. The van der Waals surface area contributed by atoms with Gasteiger partial charge in [0.05, 0.1) is 0 Å². The van der Waals surface area contributed by atoms with Crippen molar-refractivity contribution in [3.8, 4) is 5.75 Å². The molecule has 2 aromatic carbocycles. The van der Waals surface area contributed by atoms with Crippen molar-refractivity contribution in [1.29, 1.82) is 0 Å². The zero-order valence-corrected chi connectivity index (χ0v) is 12.1. The highest BCUT2D eigenvalue weighted by Gasteiger charge is 2.30. The van der Waals surface area contributed by atoms with E-state index in [1.54, 1.807) is 0 Å². The van der Waals surface area contributed by atoms with Crippen LogP contribution in [-0.2, 0) is 11.4 Å². The SMILES string of the molecule is FC(F)c1cccc(/[C]=N\OCc2ccc(OC(F)(F)F)cc2)c1. The Bertz CT molecular complexity index is 684. The van der Waals surface area contributed by atoms with E-state index in [4.69, 9.17) is 4.84 Å². The second-order valence-electron chi connectivity index (χ2n) is 4.59. The molecule has 2 aromatic rings. The Morgan fingerprint density at radius 1 is 1.04 bits per heavy atom. The number of benzene rings is 2. The predicted octanol–water partition coefficient (Wildman–Crippen LogP) is 4.95. The highest BCUT2D eigenvalue weighted by molar-refractivity contribution is 5.79. The molecule has 0 aliphatic heterocycles. The van der Waals surface area contributed by atoms with Gasteiger partial charge in [-0.2, -0.15) is 0 Å². The van der Waals surface area contributed by atoms with E-state index in [-0.39, 0.29) is 17.9 Å². The number of alkyl halides is 5. The minimum absolute atomic E-state index is 0.0200. The quantitative estimate of drug-likeness (QED) is 0.422. The van der Waals surface area contributed by atoms with Crippen LogP contribution in [0, 0.1) is 0 Å². The molecule has 8 heteroatoms. The molecular weight excluding hydrogens is 333 g/mol. The summed E-state index contributed by atoms with van der Waals surface area (Å²) in [6.07, 6.45) is -4.89. The smallest absolute Gasteiger partial charge is 0.406 e. The maximum Gasteiger partial charge on any atom is 0.573 e. The highest BCUT2D eigenvalue weighted by Crippen LogP contribution is 2.23. The molecule has 1 radical (unpaired) electrons. The third kappa shape index (κ3) is 5.86. The zero-order valence-electron chi connectivity index (χ0n) is 12.1. The summed E-state index contributed by atoms with van der Waals surface area (Å²) < 4.78 is 64.8. The topological polar surface area (TPSA) is 30.8 Å². The monoisotopic (exact) mass is 344 g/mol. The van der Waals surface area contributed by atoms with Crippen molar-refractivity contribution in [2.45, 2.75) is 19.4 Å². The molecule has 0 fully saturated rings. The molecule has 0 aliphatic carbocycles. The van der Waals surface area contributed by atoms with Crippen LogP contribution in [0.4, 0.5) is 22.0 Å². The molecule has 0 saturated heterocycles. The van der Waals surface area contributed by atoms with Crippen molar-refractivity contribution >= 4 is 6.21 Å². The first-order chi connectivity index (χ1) is 11.3. The van der Waals surface area contributed by atoms with Gasteiger partial charge in [0.15, 0.2) is 0 Å². The van der Waals surface area contributed by atoms with Crippen LogP contribution in [-0.4, -0.2) is 12.6 Å². The van der Waals surface area contributed by atoms with Crippen molar-refractivity contribution in [1.82, 2.24) is 0 Å². The fourth-order valence-electron chi connectivity index (χ4n) is 1.72. The number of nitrogens with zero attached hydrogens (tertiary/aromatic N) is 1. The Morgan fingerprint density at radius 2 is 1.75 bits per heavy atom. The summed E-state index contributed by atoms with van der Waals surface area (Å²) in [6, 6.07) is 10.5. The maximum absolute atomic E-state index is 12.5. The van der Waals surface area contributed by atoms with Gasteiger partial charge in [-0.1, -0.05) is 35.5 Å². The molecule has 0 saturated carbocycles. The normalized spacial score (nSPS) is 11.9. The van der Waals surface area contributed by atoms with E-state index >= 15 is 0 Å². The van der Waals surface area contributed by atoms with Gasteiger partial charge < -0.3 is 9.57 Å². The largest absolute Gasteiger partial charge is 0.573 e. The van der Waals surface area contributed by atoms with E-state index in [2.05, 4.69) is 16.1 Å². The lowest BCUT2D eigenvalue weighted by Crippen LogP contribution is -2.17.